The van der Waals surface area contributed by atoms with E-state index in [1.807, 2.05) is 14.2 Å². The van der Waals surface area contributed by atoms with E-state index >= 15 is 0 Å². The molecule has 1 atom stereocenters. The first-order valence-electron chi connectivity index (χ1n) is 5.23. The van der Waals surface area contributed by atoms with Gasteiger partial charge in [0.2, 0.25) is 0 Å². The topological polar surface area (TPSA) is 24.5 Å². The Hall–Kier alpha value is -0.120. The Kier molecular flexibility index (Phi) is 2.58. The summed E-state index contributed by atoms with van der Waals surface area (Å²) in [6, 6.07) is 0.883. The van der Waals surface area contributed by atoms with Crippen LogP contribution in [-0.4, -0.2) is 50.3 Å². The quantitative estimate of drug-likeness (QED) is 0.687. The van der Waals surface area contributed by atoms with Crippen molar-refractivity contribution in [1.82, 2.24) is 10.2 Å². The molecule has 0 aromatic rings. The van der Waals surface area contributed by atoms with Gasteiger partial charge in [-0.3, -0.25) is 4.90 Å². The van der Waals surface area contributed by atoms with Gasteiger partial charge in [-0.25, -0.2) is 0 Å². The Morgan fingerprint density at radius 3 is 2.85 bits per heavy atom. The summed E-state index contributed by atoms with van der Waals surface area (Å²) < 4.78 is 5.64. The van der Waals surface area contributed by atoms with Gasteiger partial charge in [0.25, 0.3) is 0 Å². The molecule has 1 heterocycles. The number of nitrogens with one attached hydrogen (secondary N) is 1. The number of hydrogen-bond donors (Lipinski definition) is 1. The number of methoxy groups -OCH3 is 1. The van der Waals surface area contributed by atoms with Gasteiger partial charge in [-0.05, 0) is 26.3 Å². The molecule has 76 valence electrons. The highest BCUT2D eigenvalue weighted by molar-refractivity contribution is 4.98. The lowest BCUT2D eigenvalue weighted by Gasteiger charge is -2.27. The van der Waals surface area contributed by atoms with Gasteiger partial charge in [0.15, 0.2) is 0 Å². The number of likely N-dealkylation sites (N-methyl/N-ethyl adjacent to an activating group) is 1. The van der Waals surface area contributed by atoms with E-state index in [-0.39, 0.29) is 5.60 Å². The molecule has 0 bridgehead atoms. The Morgan fingerprint density at radius 2 is 2.31 bits per heavy atom. The average Bonchev–Trinajstić information content (AvgIpc) is 2.90. The number of hydrogen-bond acceptors (Lipinski definition) is 3. The van der Waals surface area contributed by atoms with Crippen LogP contribution >= 0.6 is 0 Å². The fraction of sp³-hybridized carbons (Fsp3) is 1.00. The third kappa shape index (κ3) is 1.87. The molecule has 0 aromatic heterocycles. The van der Waals surface area contributed by atoms with Crippen LogP contribution in [0.5, 0.6) is 0 Å². The molecule has 2 rings (SSSR count). The van der Waals surface area contributed by atoms with Gasteiger partial charge in [0, 0.05) is 32.8 Å². The summed E-state index contributed by atoms with van der Waals surface area (Å²) in [6.45, 7) is 3.32. The second kappa shape index (κ2) is 3.56. The van der Waals surface area contributed by atoms with Crippen LogP contribution in [0.2, 0.25) is 0 Å². The van der Waals surface area contributed by atoms with E-state index in [9.17, 15) is 0 Å². The predicted molar refractivity (Wildman–Crippen MR) is 52.9 cm³/mol. The monoisotopic (exact) mass is 184 g/mol. The smallest absolute Gasteiger partial charge is 0.0940 e. The van der Waals surface area contributed by atoms with Crippen LogP contribution in [0, 0.1) is 0 Å². The van der Waals surface area contributed by atoms with E-state index in [1.54, 1.807) is 0 Å². The van der Waals surface area contributed by atoms with E-state index in [2.05, 4.69) is 10.2 Å². The minimum atomic E-state index is 0.0946. The summed E-state index contributed by atoms with van der Waals surface area (Å²) in [5.74, 6) is 0. The van der Waals surface area contributed by atoms with Crippen LogP contribution in [0.25, 0.3) is 0 Å². The molecule has 1 saturated carbocycles. The third-order valence-electron chi connectivity index (χ3n) is 3.34. The molecule has 1 N–H and O–H groups in total. The molecule has 1 unspecified atom stereocenters. The van der Waals surface area contributed by atoms with Crippen molar-refractivity contribution >= 4 is 0 Å². The Morgan fingerprint density at radius 1 is 1.54 bits per heavy atom. The molecule has 0 aromatic carbocycles. The SMILES string of the molecule is CNCC1(OC)CCN(C2CC2)C1. The van der Waals surface area contributed by atoms with E-state index in [0.29, 0.717) is 0 Å². The molecular formula is C10H20N2O. The zero-order valence-corrected chi connectivity index (χ0v) is 8.68. The highest BCUT2D eigenvalue weighted by Crippen LogP contribution is 2.34. The van der Waals surface area contributed by atoms with Crippen molar-refractivity contribution in [2.24, 2.45) is 0 Å². The van der Waals surface area contributed by atoms with Crippen molar-refractivity contribution in [3.63, 3.8) is 0 Å². The van der Waals surface area contributed by atoms with Crippen molar-refractivity contribution in [3.05, 3.63) is 0 Å². The number of rotatable bonds is 4. The molecule has 1 saturated heterocycles. The number of ether oxygens (including phenoxy) is 1. The average molecular weight is 184 g/mol. The third-order valence-corrected chi connectivity index (χ3v) is 3.34. The summed E-state index contributed by atoms with van der Waals surface area (Å²) in [4.78, 5) is 2.58. The molecule has 13 heavy (non-hydrogen) atoms. The van der Waals surface area contributed by atoms with Gasteiger partial charge >= 0.3 is 0 Å². The first-order valence-corrected chi connectivity index (χ1v) is 5.23. The molecule has 1 aliphatic carbocycles. The molecule has 0 radical (unpaired) electrons. The molecular weight excluding hydrogens is 164 g/mol. The molecule has 3 heteroatoms. The minimum Gasteiger partial charge on any atom is -0.376 e. The normalized spacial score (nSPS) is 35.5. The fourth-order valence-corrected chi connectivity index (χ4v) is 2.33. The first-order chi connectivity index (χ1) is 6.29. The van der Waals surface area contributed by atoms with Crippen molar-refractivity contribution in [3.8, 4) is 0 Å². The van der Waals surface area contributed by atoms with Crippen LogP contribution in [0.1, 0.15) is 19.3 Å². The lowest BCUT2D eigenvalue weighted by atomic mass is 10.0. The van der Waals surface area contributed by atoms with Crippen molar-refractivity contribution in [2.75, 3.05) is 33.8 Å². The second-order valence-corrected chi connectivity index (χ2v) is 4.37. The van der Waals surface area contributed by atoms with Gasteiger partial charge in [0.05, 0.1) is 5.60 Å². The maximum absolute atomic E-state index is 5.64. The van der Waals surface area contributed by atoms with Gasteiger partial charge in [-0.15, -0.1) is 0 Å². The van der Waals surface area contributed by atoms with Gasteiger partial charge in [-0.2, -0.15) is 0 Å². The molecule has 0 spiro atoms. The summed E-state index contributed by atoms with van der Waals surface area (Å²) in [7, 11) is 3.84. The Balaban J connectivity index is 1.91. The zero-order chi connectivity index (χ0) is 9.31. The van der Waals surface area contributed by atoms with Crippen molar-refractivity contribution in [2.45, 2.75) is 30.9 Å². The van der Waals surface area contributed by atoms with Crippen LogP contribution in [-0.2, 0) is 4.74 Å². The largest absolute Gasteiger partial charge is 0.376 e. The summed E-state index contributed by atoms with van der Waals surface area (Å²) in [6.07, 6.45) is 3.99. The van der Waals surface area contributed by atoms with E-state index < -0.39 is 0 Å². The van der Waals surface area contributed by atoms with Gasteiger partial charge in [-0.1, -0.05) is 0 Å². The number of nitrogens with zero attached hydrogens (tertiary/aromatic N) is 1. The summed E-state index contributed by atoms with van der Waals surface area (Å²) in [5.41, 5.74) is 0.0946. The minimum absolute atomic E-state index is 0.0946. The lowest BCUT2D eigenvalue weighted by Crippen LogP contribution is -2.44. The molecule has 3 nitrogen and oxygen atoms in total. The first kappa shape index (κ1) is 9.44. The van der Waals surface area contributed by atoms with Crippen molar-refractivity contribution < 1.29 is 4.74 Å². The molecule has 1 aliphatic heterocycles. The Bertz CT molecular complexity index is 182. The van der Waals surface area contributed by atoms with Gasteiger partial charge < -0.3 is 10.1 Å². The molecule has 2 aliphatic rings. The van der Waals surface area contributed by atoms with Gasteiger partial charge in [0.1, 0.15) is 0 Å². The van der Waals surface area contributed by atoms with Crippen molar-refractivity contribution in [1.29, 1.82) is 0 Å². The fourth-order valence-electron chi connectivity index (χ4n) is 2.33. The van der Waals surface area contributed by atoms with Crippen LogP contribution in [0.15, 0.2) is 0 Å². The second-order valence-electron chi connectivity index (χ2n) is 4.37. The van der Waals surface area contributed by atoms with E-state index in [1.165, 1.54) is 25.8 Å². The number of likely N-dealkylation sites (tertiary alicyclic amines) is 1. The molecule has 2 fully saturated rings. The van der Waals surface area contributed by atoms with Crippen LogP contribution in [0.4, 0.5) is 0 Å². The standard InChI is InChI=1S/C10H20N2O/c1-11-7-10(13-2)5-6-12(8-10)9-3-4-9/h9,11H,3-8H2,1-2H3. The predicted octanol–water partition coefficient (Wildman–Crippen LogP) is 0.459. The maximum atomic E-state index is 5.64. The highest BCUT2D eigenvalue weighted by atomic mass is 16.5. The van der Waals surface area contributed by atoms with E-state index in [4.69, 9.17) is 4.74 Å². The van der Waals surface area contributed by atoms with E-state index in [0.717, 1.165) is 19.1 Å². The summed E-state index contributed by atoms with van der Waals surface area (Å²) >= 11 is 0. The lowest BCUT2D eigenvalue weighted by molar-refractivity contribution is 0.000245. The zero-order valence-electron chi connectivity index (χ0n) is 8.68. The summed E-state index contributed by atoms with van der Waals surface area (Å²) in [5, 5.41) is 3.23. The maximum Gasteiger partial charge on any atom is 0.0940 e. The Labute approximate surface area is 80.4 Å². The molecule has 0 amide bonds. The van der Waals surface area contributed by atoms with Crippen LogP contribution in [0.3, 0.4) is 0 Å². The highest BCUT2D eigenvalue weighted by Gasteiger charge is 2.42. The van der Waals surface area contributed by atoms with Crippen LogP contribution < -0.4 is 5.32 Å².